The van der Waals surface area contributed by atoms with Crippen molar-refractivity contribution in [3.05, 3.63) is 17.8 Å². The Labute approximate surface area is 109 Å². The van der Waals surface area contributed by atoms with Crippen LogP contribution in [0.1, 0.15) is 26.0 Å². The van der Waals surface area contributed by atoms with Gasteiger partial charge in [-0.1, -0.05) is 13.8 Å². The SMILES string of the molecule is COC1CC(Nc2ccc(C(F)(F)F)nn2)C1(C)C. The average molecular weight is 275 g/mol. The summed E-state index contributed by atoms with van der Waals surface area (Å²) in [5.74, 6) is 0.348. The molecule has 0 amide bonds. The number of hydrogen-bond acceptors (Lipinski definition) is 4. The largest absolute Gasteiger partial charge is 0.435 e. The van der Waals surface area contributed by atoms with Crippen molar-refractivity contribution < 1.29 is 17.9 Å². The highest BCUT2D eigenvalue weighted by molar-refractivity contribution is 5.37. The van der Waals surface area contributed by atoms with E-state index in [0.717, 1.165) is 12.5 Å². The number of hydrogen-bond donors (Lipinski definition) is 1. The number of methoxy groups -OCH3 is 1. The maximum absolute atomic E-state index is 12.3. The van der Waals surface area contributed by atoms with Crippen molar-refractivity contribution >= 4 is 5.82 Å². The predicted molar refractivity (Wildman–Crippen MR) is 63.6 cm³/mol. The number of nitrogens with zero attached hydrogens (tertiary/aromatic N) is 2. The third-order valence-electron chi connectivity index (χ3n) is 3.74. The Morgan fingerprint density at radius 2 is 2.00 bits per heavy atom. The molecule has 0 bridgehead atoms. The summed E-state index contributed by atoms with van der Waals surface area (Å²) in [6.07, 6.45) is -3.51. The Morgan fingerprint density at radius 1 is 1.32 bits per heavy atom. The first-order valence-corrected chi connectivity index (χ1v) is 5.95. The molecule has 0 radical (unpaired) electrons. The number of rotatable bonds is 3. The van der Waals surface area contributed by atoms with Gasteiger partial charge in [-0.05, 0) is 18.6 Å². The molecule has 1 fully saturated rings. The van der Waals surface area contributed by atoms with E-state index < -0.39 is 11.9 Å². The molecule has 1 N–H and O–H groups in total. The lowest BCUT2D eigenvalue weighted by atomic mass is 9.64. The second-order valence-electron chi connectivity index (χ2n) is 5.28. The van der Waals surface area contributed by atoms with Gasteiger partial charge in [0.15, 0.2) is 5.69 Å². The maximum atomic E-state index is 12.3. The van der Waals surface area contributed by atoms with Crippen LogP contribution in [-0.2, 0) is 10.9 Å². The second kappa shape index (κ2) is 4.63. The highest BCUT2D eigenvalue weighted by Crippen LogP contribution is 2.43. The average Bonchev–Trinajstić information content (AvgIpc) is 2.33. The van der Waals surface area contributed by atoms with E-state index >= 15 is 0 Å². The van der Waals surface area contributed by atoms with Gasteiger partial charge in [0, 0.05) is 18.6 Å². The monoisotopic (exact) mass is 275 g/mol. The van der Waals surface area contributed by atoms with Gasteiger partial charge in [0.2, 0.25) is 0 Å². The molecule has 1 heterocycles. The molecule has 1 aromatic rings. The van der Waals surface area contributed by atoms with E-state index in [-0.39, 0.29) is 17.6 Å². The van der Waals surface area contributed by atoms with E-state index in [9.17, 15) is 13.2 Å². The summed E-state index contributed by atoms with van der Waals surface area (Å²) in [7, 11) is 1.65. The van der Waals surface area contributed by atoms with E-state index in [0.29, 0.717) is 5.82 Å². The minimum absolute atomic E-state index is 0.0842. The summed E-state index contributed by atoms with van der Waals surface area (Å²) in [6.45, 7) is 4.08. The molecule has 4 nitrogen and oxygen atoms in total. The number of alkyl halides is 3. The third-order valence-corrected chi connectivity index (χ3v) is 3.74. The van der Waals surface area contributed by atoms with Gasteiger partial charge < -0.3 is 10.1 Å². The Morgan fingerprint density at radius 3 is 2.42 bits per heavy atom. The summed E-state index contributed by atoms with van der Waals surface area (Å²) in [5, 5.41) is 9.83. The van der Waals surface area contributed by atoms with E-state index in [2.05, 4.69) is 15.5 Å². The van der Waals surface area contributed by atoms with Crippen LogP contribution in [0.3, 0.4) is 0 Å². The molecule has 0 aromatic carbocycles. The predicted octanol–water partition coefficient (Wildman–Crippen LogP) is 2.72. The van der Waals surface area contributed by atoms with Gasteiger partial charge in [-0.2, -0.15) is 13.2 Å². The number of anilines is 1. The van der Waals surface area contributed by atoms with Gasteiger partial charge >= 0.3 is 6.18 Å². The van der Waals surface area contributed by atoms with Gasteiger partial charge in [-0.15, -0.1) is 10.2 Å². The lowest BCUT2D eigenvalue weighted by Crippen LogP contribution is -2.57. The lowest BCUT2D eigenvalue weighted by molar-refractivity contribution is -0.141. The first-order chi connectivity index (χ1) is 8.75. The quantitative estimate of drug-likeness (QED) is 0.921. The van der Waals surface area contributed by atoms with Gasteiger partial charge in [-0.25, -0.2) is 0 Å². The highest BCUT2D eigenvalue weighted by atomic mass is 19.4. The molecule has 1 aliphatic rings. The van der Waals surface area contributed by atoms with Crippen molar-refractivity contribution in [3.63, 3.8) is 0 Å². The standard InChI is InChI=1S/C12H16F3N3O/c1-11(2)8(6-9(11)19-3)16-10-5-4-7(17-18-10)12(13,14)15/h4-5,8-9H,6H2,1-3H3,(H,16,18). The molecule has 106 valence electrons. The van der Waals surface area contributed by atoms with Crippen LogP contribution in [0.5, 0.6) is 0 Å². The van der Waals surface area contributed by atoms with Crippen molar-refractivity contribution in [2.75, 3.05) is 12.4 Å². The fraction of sp³-hybridized carbons (Fsp3) is 0.667. The van der Waals surface area contributed by atoms with Gasteiger partial charge in [0.25, 0.3) is 0 Å². The van der Waals surface area contributed by atoms with E-state index in [1.807, 2.05) is 13.8 Å². The minimum Gasteiger partial charge on any atom is -0.381 e. The van der Waals surface area contributed by atoms with Crippen LogP contribution in [0, 0.1) is 5.41 Å². The molecule has 0 saturated heterocycles. The molecule has 0 aliphatic heterocycles. The summed E-state index contributed by atoms with van der Waals surface area (Å²) in [4.78, 5) is 0. The van der Waals surface area contributed by atoms with Crippen LogP contribution in [0.4, 0.5) is 19.0 Å². The number of ether oxygens (including phenoxy) is 1. The van der Waals surface area contributed by atoms with E-state index in [4.69, 9.17) is 4.74 Å². The van der Waals surface area contributed by atoms with Crippen LogP contribution in [0.25, 0.3) is 0 Å². The van der Waals surface area contributed by atoms with Crippen LogP contribution in [0.15, 0.2) is 12.1 Å². The van der Waals surface area contributed by atoms with Crippen molar-refractivity contribution in [2.45, 2.75) is 38.6 Å². The molecule has 2 atom stereocenters. The molecule has 2 unspecified atom stereocenters. The number of nitrogens with one attached hydrogen (secondary N) is 1. The Bertz CT molecular complexity index is 445. The lowest BCUT2D eigenvalue weighted by Gasteiger charge is -2.51. The smallest absolute Gasteiger partial charge is 0.381 e. The first-order valence-electron chi connectivity index (χ1n) is 5.95. The summed E-state index contributed by atoms with van der Waals surface area (Å²) in [5.41, 5.74) is -1.07. The van der Waals surface area contributed by atoms with Crippen molar-refractivity contribution in [3.8, 4) is 0 Å². The van der Waals surface area contributed by atoms with Gasteiger partial charge in [0.1, 0.15) is 5.82 Å². The minimum atomic E-state index is -4.46. The van der Waals surface area contributed by atoms with Crippen molar-refractivity contribution in [1.29, 1.82) is 0 Å². The van der Waals surface area contributed by atoms with Crippen LogP contribution in [0.2, 0.25) is 0 Å². The second-order valence-corrected chi connectivity index (χ2v) is 5.28. The zero-order valence-corrected chi connectivity index (χ0v) is 11.0. The Balaban J connectivity index is 2.02. The van der Waals surface area contributed by atoms with Crippen molar-refractivity contribution in [2.24, 2.45) is 5.41 Å². The zero-order valence-electron chi connectivity index (χ0n) is 11.0. The van der Waals surface area contributed by atoms with Crippen LogP contribution >= 0.6 is 0 Å². The molecule has 1 saturated carbocycles. The molecule has 1 aromatic heterocycles. The third kappa shape index (κ3) is 2.65. The van der Waals surface area contributed by atoms with Crippen molar-refractivity contribution in [1.82, 2.24) is 10.2 Å². The van der Waals surface area contributed by atoms with Crippen LogP contribution in [-0.4, -0.2) is 29.5 Å². The topological polar surface area (TPSA) is 47.0 Å². The summed E-state index contributed by atoms with van der Waals surface area (Å²) >= 11 is 0. The molecular formula is C12H16F3N3O. The van der Waals surface area contributed by atoms with Gasteiger partial charge in [-0.3, -0.25) is 0 Å². The van der Waals surface area contributed by atoms with Crippen LogP contribution < -0.4 is 5.32 Å². The normalized spacial score (nSPS) is 25.8. The molecule has 7 heteroatoms. The Kier molecular flexibility index (Phi) is 3.42. The molecule has 1 aliphatic carbocycles. The highest BCUT2D eigenvalue weighted by Gasteiger charge is 2.48. The summed E-state index contributed by atoms with van der Waals surface area (Å²) < 4.78 is 42.3. The molecule has 19 heavy (non-hydrogen) atoms. The maximum Gasteiger partial charge on any atom is 0.435 e. The fourth-order valence-electron chi connectivity index (χ4n) is 2.27. The van der Waals surface area contributed by atoms with E-state index in [1.54, 1.807) is 7.11 Å². The summed E-state index contributed by atoms with van der Waals surface area (Å²) in [6, 6.07) is 2.34. The molecule has 2 rings (SSSR count). The Hall–Kier alpha value is -1.37. The molecule has 0 spiro atoms. The molecular weight excluding hydrogens is 259 g/mol. The number of halogens is 3. The first kappa shape index (κ1) is 14.0. The fourth-order valence-corrected chi connectivity index (χ4v) is 2.27. The van der Waals surface area contributed by atoms with Gasteiger partial charge in [0.05, 0.1) is 6.10 Å². The number of aromatic nitrogens is 2. The van der Waals surface area contributed by atoms with E-state index in [1.165, 1.54) is 6.07 Å². The zero-order chi connectivity index (χ0) is 14.3.